The zero-order valence-electron chi connectivity index (χ0n) is 19.1. The van der Waals surface area contributed by atoms with Crippen LogP contribution in [0.3, 0.4) is 0 Å². The van der Waals surface area contributed by atoms with Crippen LogP contribution in [0, 0.1) is 6.92 Å². The Bertz CT molecular complexity index is 1290. The number of nitrogens with zero attached hydrogens (tertiary/aromatic N) is 5. The summed E-state index contributed by atoms with van der Waals surface area (Å²) in [5, 5.41) is 16.9. The summed E-state index contributed by atoms with van der Waals surface area (Å²) in [6.07, 6.45) is 4.28. The van der Waals surface area contributed by atoms with Gasteiger partial charge in [-0.05, 0) is 25.1 Å². The number of morpholine rings is 1. The van der Waals surface area contributed by atoms with E-state index >= 15 is 0 Å². The Hall–Kier alpha value is -3.48. The average molecular weight is 496 g/mol. The summed E-state index contributed by atoms with van der Waals surface area (Å²) in [5.74, 6) is 0.177. The first-order valence-electron chi connectivity index (χ1n) is 11.4. The SMILES string of the molecule is Cc1cc(C2(C(=O)Nc3cc4sc(N5CCOCC5)nc4nc3N3CC(O)C3)NC=CO2)ccn1. The molecule has 6 heterocycles. The summed E-state index contributed by atoms with van der Waals surface area (Å²) in [6.45, 7) is 5.62. The number of aliphatic hydroxyl groups is 1. The van der Waals surface area contributed by atoms with E-state index in [2.05, 4.69) is 20.5 Å². The molecule has 3 N–H and O–H groups in total. The second kappa shape index (κ2) is 8.63. The number of amides is 1. The third-order valence-electron chi connectivity index (χ3n) is 6.27. The lowest BCUT2D eigenvalue weighted by Crippen LogP contribution is -2.52. The molecule has 1 amide bonds. The summed E-state index contributed by atoms with van der Waals surface area (Å²) < 4.78 is 12.1. The van der Waals surface area contributed by atoms with E-state index in [1.165, 1.54) is 17.6 Å². The number of nitrogens with one attached hydrogen (secondary N) is 2. The molecule has 0 radical (unpaired) electrons. The first-order chi connectivity index (χ1) is 17.0. The molecule has 12 heteroatoms. The lowest BCUT2D eigenvalue weighted by Gasteiger charge is -2.38. The number of carbonyl (C=O) groups is 1. The Labute approximate surface area is 205 Å². The third-order valence-corrected chi connectivity index (χ3v) is 7.32. The number of carbonyl (C=O) groups excluding carboxylic acids is 1. The van der Waals surface area contributed by atoms with Gasteiger partial charge in [0.1, 0.15) is 6.26 Å². The van der Waals surface area contributed by atoms with E-state index in [-0.39, 0.29) is 0 Å². The highest BCUT2D eigenvalue weighted by Crippen LogP contribution is 2.37. The Morgan fingerprint density at radius 2 is 2.09 bits per heavy atom. The number of anilines is 3. The van der Waals surface area contributed by atoms with Crippen LogP contribution in [0.5, 0.6) is 0 Å². The monoisotopic (exact) mass is 495 g/mol. The van der Waals surface area contributed by atoms with Crippen LogP contribution in [0.15, 0.2) is 36.9 Å². The standard InChI is InChI=1S/C23H25N7O4S/c1-14-10-15(2-3-24-14)23(25-4-7-34-23)21(32)26-17-11-18-19(27-20(17)30-12-16(31)13-30)28-22(35-18)29-5-8-33-9-6-29/h2-4,7,10-11,16,25,31H,5-6,8-9,12-13H2,1H3,(H,26,32). The molecule has 3 aromatic rings. The highest BCUT2D eigenvalue weighted by molar-refractivity contribution is 7.22. The molecule has 182 valence electrons. The predicted octanol–water partition coefficient (Wildman–Crippen LogP) is 1.29. The van der Waals surface area contributed by atoms with E-state index in [4.69, 9.17) is 19.4 Å². The molecule has 0 aromatic carbocycles. The molecule has 11 nitrogen and oxygen atoms in total. The van der Waals surface area contributed by atoms with Gasteiger partial charge in [-0.15, -0.1) is 0 Å². The van der Waals surface area contributed by atoms with E-state index in [0.717, 1.165) is 28.6 Å². The van der Waals surface area contributed by atoms with Crippen LogP contribution >= 0.6 is 11.3 Å². The molecule has 0 spiro atoms. The largest absolute Gasteiger partial charge is 0.461 e. The molecule has 35 heavy (non-hydrogen) atoms. The van der Waals surface area contributed by atoms with Crippen molar-refractivity contribution in [3.63, 3.8) is 0 Å². The van der Waals surface area contributed by atoms with Crippen molar-refractivity contribution in [3.05, 3.63) is 48.1 Å². The topological polar surface area (TPSA) is 125 Å². The molecule has 0 saturated carbocycles. The van der Waals surface area contributed by atoms with Crippen LogP contribution in [0.4, 0.5) is 16.6 Å². The second-order valence-corrected chi connectivity index (χ2v) is 9.73. The summed E-state index contributed by atoms with van der Waals surface area (Å²) in [7, 11) is 0. The molecule has 3 aromatic heterocycles. The minimum Gasteiger partial charge on any atom is -0.461 e. The number of pyridine rings is 2. The number of aliphatic hydroxyl groups excluding tert-OH is 1. The molecule has 2 saturated heterocycles. The van der Waals surface area contributed by atoms with E-state index < -0.39 is 17.7 Å². The van der Waals surface area contributed by atoms with E-state index in [0.29, 0.717) is 49.0 Å². The molecular weight excluding hydrogens is 470 g/mol. The quantitative estimate of drug-likeness (QED) is 0.477. The van der Waals surface area contributed by atoms with Gasteiger partial charge in [0, 0.05) is 49.8 Å². The van der Waals surface area contributed by atoms with Gasteiger partial charge in [-0.25, -0.2) is 4.98 Å². The maximum atomic E-state index is 13.7. The molecule has 3 aliphatic heterocycles. The predicted molar refractivity (Wildman–Crippen MR) is 131 cm³/mol. The van der Waals surface area contributed by atoms with Crippen molar-refractivity contribution in [2.45, 2.75) is 18.8 Å². The Balaban J connectivity index is 1.36. The van der Waals surface area contributed by atoms with Crippen molar-refractivity contribution >= 4 is 44.2 Å². The van der Waals surface area contributed by atoms with Gasteiger partial charge in [0.2, 0.25) is 0 Å². The number of fused-ring (bicyclic) bond motifs is 1. The van der Waals surface area contributed by atoms with Crippen molar-refractivity contribution in [1.29, 1.82) is 0 Å². The van der Waals surface area contributed by atoms with Crippen molar-refractivity contribution in [2.24, 2.45) is 0 Å². The Morgan fingerprint density at radius 1 is 1.26 bits per heavy atom. The van der Waals surface area contributed by atoms with Crippen LogP contribution in [-0.2, 0) is 20.0 Å². The van der Waals surface area contributed by atoms with E-state index in [1.807, 2.05) is 24.0 Å². The number of aromatic nitrogens is 3. The number of ether oxygens (including phenoxy) is 2. The van der Waals surface area contributed by atoms with Crippen molar-refractivity contribution in [3.8, 4) is 0 Å². The van der Waals surface area contributed by atoms with Gasteiger partial charge in [-0.3, -0.25) is 9.78 Å². The fourth-order valence-corrected chi connectivity index (χ4v) is 5.39. The molecule has 1 unspecified atom stereocenters. The molecule has 6 rings (SSSR count). The van der Waals surface area contributed by atoms with E-state index in [9.17, 15) is 9.90 Å². The number of thiazole rings is 1. The normalized spacial score (nSPS) is 22.1. The van der Waals surface area contributed by atoms with Gasteiger partial charge in [0.05, 0.1) is 29.7 Å². The average Bonchev–Trinajstić information content (AvgIpc) is 3.50. The number of hydrogen-bond acceptors (Lipinski definition) is 11. The van der Waals surface area contributed by atoms with Crippen LogP contribution in [0.1, 0.15) is 11.3 Å². The van der Waals surface area contributed by atoms with Crippen LogP contribution in [-0.4, -0.2) is 71.5 Å². The molecule has 0 bridgehead atoms. The molecule has 2 fully saturated rings. The fraction of sp³-hybridized carbons (Fsp3) is 0.391. The lowest BCUT2D eigenvalue weighted by molar-refractivity contribution is -0.136. The van der Waals surface area contributed by atoms with Gasteiger partial charge < -0.3 is 35.0 Å². The summed E-state index contributed by atoms with van der Waals surface area (Å²) >= 11 is 1.53. The van der Waals surface area contributed by atoms with Gasteiger partial charge in [-0.2, -0.15) is 4.98 Å². The Kier molecular flexibility index (Phi) is 5.43. The van der Waals surface area contributed by atoms with Crippen LogP contribution in [0.25, 0.3) is 10.3 Å². The first kappa shape index (κ1) is 22.0. The molecule has 3 aliphatic rings. The van der Waals surface area contributed by atoms with Gasteiger partial charge in [0.25, 0.3) is 11.6 Å². The lowest BCUT2D eigenvalue weighted by atomic mass is 10.0. The van der Waals surface area contributed by atoms with Gasteiger partial charge in [-0.1, -0.05) is 11.3 Å². The summed E-state index contributed by atoms with van der Waals surface area (Å²) in [5.41, 5.74) is 1.12. The summed E-state index contributed by atoms with van der Waals surface area (Å²) in [6, 6.07) is 5.46. The smallest absolute Gasteiger partial charge is 0.295 e. The number of rotatable bonds is 5. The maximum Gasteiger partial charge on any atom is 0.295 e. The number of β-amino-alcohol motifs (C(OH)–C–C–N with tert-alkyl or cyclic N) is 1. The first-order valence-corrected chi connectivity index (χ1v) is 12.3. The minimum absolute atomic E-state index is 0.394. The number of hydrogen-bond donors (Lipinski definition) is 3. The van der Waals surface area contributed by atoms with Crippen molar-refractivity contribution in [2.75, 3.05) is 54.5 Å². The number of aryl methyl sites for hydroxylation is 1. The highest BCUT2D eigenvalue weighted by atomic mass is 32.1. The Morgan fingerprint density at radius 3 is 2.80 bits per heavy atom. The third kappa shape index (κ3) is 3.93. The van der Waals surface area contributed by atoms with Gasteiger partial charge in [0.15, 0.2) is 16.6 Å². The zero-order chi connectivity index (χ0) is 24.0. The fourth-order valence-electron chi connectivity index (χ4n) is 4.39. The zero-order valence-corrected chi connectivity index (χ0v) is 19.9. The molecular formula is C23H25N7O4S. The van der Waals surface area contributed by atoms with Gasteiger partial charge >= 0.3 is 0 Å². The van der Waals surface area contributed by atoms with Crippen LogP contribution in [0.2, 0.25) is 0 Å². The minimum atomic E-state index is -1.43. The van der Waals surface area contributed by atoms with E-state index in [1.54, 1.807) is 18.5 Å². The van der Waals surface area contributed by atoms with Crippen molar-refractivity contribution in [1.82, 2.24) is 20.3 Å². The second-order valence-electron chi connectivity index (χ2n) is 8.72. The van der Waals surface area contributed by atoms with Crippen LogP contribution < -0.4 is 20.4 Å². The van der Waals surface area contributed by atoms with Crippen molar-refractivity contribution < 1.29 is 19.4 Å². The maximum absolute atomic E-state index is 13.7. The highest BCUT2D eigenvalue weighted by Gasteiger charge is 2.44. The molecule has 1 atom stereocenters. The summed E-state index contributed by atoms with van der Waals surface area (Å²) in [4.78, 5) is 31.6. The molecule has 0 aliphatic carbocycles.